The molecule has 0 aliphatic carbocycles. The lowest BCUT2D eigenvalue weighted by molar-refractivity contribution is -0.131. The van der Waals surface area contributed by atoms with Crippen molar-refractivity contribution in [3.63, 3.8) is 0 Å². The predicted octanol–water partition coefficient (Wildman–Crippen LogP) is 5.03. The molecule has 4 aromatic rings. The fraction of sp³-hybridized carbons (Fsp3) is 0.292. The number of hydrogen-bond donors (Lipinski definition) is 1. The van der Waals surface area contributed by atoms with Crippen LogP contribution in [0.5, 0.6) is 0 Å². The van der Waals surface area contributed by atoms with E-state index in [2.05, 4.69) is 59.9 Å². The number of unbranched alkanes of at least 4 members (excludes halogenated alkanes) is 1. The number of hydrogen-bond acceptors (Lipinski definition) is 1. The number of amides is 1. The van der Waals surface area contributed by atoms with Gasteiger partial charge in [0.25, 0.3) is 0 Å². The van der Waals surface area contributed by atoms with Crippen LogP contribution >= 0.6 is 0 Å². The normalized spacial score (nSPS) is 11.4. The van der Waals surface area contributed by atoms with Gasteiger partial charge in [0, 0.05) is 41.9 Å². The SMILES string of the molecule is CCCCN(Cc1cc2ccccc2n1C)C(=O)Cc1c[nH]c2ccccc12. The van der Waals surface area contributed by atoms with Crippen molar-refractivity contribution in [2.75, 3.05) is 6.54 Å². The summed E-state index contributed by atoms with van der Waals surface area (Å²) in [4.78, 5) is 18.5. The minimum Gasteiger partial charge on any atom is -0.361 e. The Morgan fingerprint density at radius 3 is 2.71 bits per heavy atom. The van der Waals surface area contributed by atoms with E-state index < -0.39 is 0 Å². The van der Waals surface area contributed by atoms with Gasteiger partial charge in [0.05, 0.1) is 13.0 Å². The fourth-order valence-electron chi connectivity index (χ4n) is 3.89. The first-order chi connectivity index (χ1) is 13.7. The molecule has 0 aliphatic heterocycles. The Morgan fingerprint density at radius 2 is 1.89 bits per heavy atom. The third kappa shape index (κ3) is 3.55. The van der Waals surface area contributed by atoms with Crippen LogP contribution in [-0.4, -0.2) is 26.9 Å². The molecule has 1 amide bonds. The quantitative estimate of drug-likeness (QED) is 0.485. The molecule has 2 aromatic carbocycles. The molecule has 144 valence electrons. The second-order valence-electron chi connectivity index (χ2n) is 7.46. The van der Waals surface area contributed by atoms with Gasteiger partial charge >= 0.3 is 0 Å². The Kier molecular flexibility index (Phi) is 5.20. The average Bonchev–Trinajstić information content (AvgIpc) is 3.26. The summed E-state index contributed by atoms with van der Waals surface area (Å²) in [5, 5.41) is 2.36. The molecule has 0 saturated carbocycles. The van der Waals surface area contributed by atoms with Crippen molar-refractivity contribution in [1.29, 1.82) is 0 Å². The van der Waals surface area contributed by atoms with Crippen LogP contribution in [0, 0.1) is 0 Å². The number of nitrogens with zero attached hydrogens (tertiary/aromatic N) is 2. The van der Waals surface area contributed by atoms with Crippen molar-refractivity contribution in [1.82, 2.24) is 14.5 Å². The molecular weight excluding hydrogens is 346 g/mol. The summed E-state index contributed by atoms with van der Waals surface area (Å²) in [5.41, 5.74) is 4.53. The first-order valence-electron chi connectivity index (χ1n) is 10.0. The van der Waals surface area contributed by atoms with E-state index in [-0.39, 0.29) is 5.91 Å². The van der Waals surface area contributed by atoms with Crippen molar-refractivity contribution in [2.24, 2.45) is 7.05 Å². The van der Waals surface area contributed by atoms with Crippen molar-refractivity contribution in [2.45, 2.75) is 32.7 Å². The number of benzene rings is 2. The molecule has 2 heterocycles. The number of aromatic amines is 1. The van der Waals surface area contributed by atoms with Crippen LogP contribution in [0.2, 0.25) is 0 Å². The van der Waals surface area contributed by atoms with E-state index in [0.717, 1.165) is 35.9 Å². The van der Waals surface area contributed by atoms with Crippen LogP contribution in [0.25, 0.3) is 21.8 Å². The van der Waals surface area contributed by atoms with Gasteiger partial charge < -0.3 is 14.5 Å². The molecule has 4 nitrogen and oxygen atoms in total. The number of carbonyl (C=O) groups is 1. The molecule has 0 radical (unpaired) electrons. The van der Waals surface area contributed by atoms with E-state index in [4.69, 9.17) is 0 Å². The van der Waals surface area contributed by atoms with Gasteiger partial charge in [0.1, 0.15) is 0 Å². The summed E-state index contributed by atoms with van der Waals surface area (Å²) < 4.78 is 2.20. The molecule has 0 aliphatic rings. The summed E-state index contributed by atoms with van der Waals surface area (Å²) in [6, 6.07) is 18.7. The number of carbonyl (C=O) groups excluding carboxylic acids is 1. The summed E-state index contributed by atoms with van der Waals surface area (Å²) >= 11 is 0. The summed E-state index contributed by atoms with van der Waals surface area (Å²) in [7, 11) is 2.08. The summed E-state index contributed by atoms with van der Waals surface area (Å²) in [6.45, 7) is 3.60. The van der Waals surface area contributed by atoms with E-state index in [0.29, 0.717) is 13.0 Å². The van der Waals surface area contributed by atoms with Crippen molar-refractivity contribution >= 4 is 27.7 Å². The Hall–Kier alpha value is -3.01. The molecule has 4 rings (SSSR count). The number of nitrogens with one attached hydrogen (secondary N) is 1. The zero-order valence-electron chi connectivity index (χ0n) is 16.6. The Labute approximate surface area is 165 Å². The molecule has 0 fully saturated rings. The number of aromatic nitrogens is 2. The monoisotopic (exact) mass is 373 g/mol. The molecule has 28 heavy (non-hydrogen) atoms. The van der Waals surface area contributed by atoms with Crippen molar-refractivity contribution in [3.8, 4) is 0 Å². The molecule has 0 unspecified atom stereocenters. The Balaban J connectivity index is 1.58. The van der Waals surface area contributed by atoms with Gasteiger partial charge in [-0.05, 0) is 35.6 Å². The highest BCUT2D eigenvalue weighted by atomic mass is 16.2. The lowest BCUT2D eigenvalue weighted by Gasteiger charge is -2.23. The van der Waals surface area contributed by atoms with Gasteiger partial charge in [0.15, 0.2) is 0 Å². The van der Waals surface area contributed by atoms with E-state index in [1.165, 1.54) is 16.6 Å². The zero-order chi connectivity index (χ0) is 19.5. The minimum atomic E-state index is 0.184. The maximum atomic E-state index is 13.2. The van der Waals surface area contributed by atoms with E-state index in [9.17, 15) is 4.79 Å². The van der Waals surface area contributed by atoms with Crippen molar-refractivity contribution < 1.29 is 4.79 Å². The standard InChI is InChI=1S/C24H27N3O/c1-3-4-13-27(17-20-14-18-9-5-8-12-23(18)26(20)2)24(28)15-19-16-25-22-11-7-6-10-21(19)22/h5-12,14,16,25H,3-4,13,15,17H2,1-2H3. The van der Waals surface area contributed by atoms with Gasteiger partial charge in [0.2, 0.25) is 5.91 Å². The van der Waals surface area contributed by atoms with Gasteiger partial charge in [-0.25, -0.2) is 0 Å². The van der Waals surface area contributed by atoms with Gasteiger partial charge in [-0.1, -0.05) is 49.7 Å². The molecule has 1 N–H and O–H groups in total. The maximum absolute atomic E-state index is 13.2. The molecule has 0 atom stereocenters. The predicted molar refractivity (Wildman–Crippen MR) is 115 cm³/mol. The fourth-order valence-corrected chi connectivity index (χ4v) is 3.89. The maximum Gasteiger partial charge on any atom is 0.227 e. The highest BCUT2D eigenvalue weighted by Crippen LogP contribution is 2.22. The van der Waals surface area contributed by atoms with Crippen LogP contribution in [0.1, 0.15) is 31.0 Å². The minimum absolute atomic E-state index is 0.184. The molecule has 2 aromatic heterocycles. The zero-order valence-corrected chi connectivity index (χ0v) is 16.6. The highest BCUT2D eigenvalue weighted by molar-refractivity contribution is 5.89. The lowest BCUT2D eigenvalue weighted by Crippen LogP contribution is -2.33. The molecule has 0 saturated heterocycles. The second-order valence-corrected chi connectivity index (χ2v) is 7.46. The van der Waals surface area contributed by atoms with Crippen LogP contribution < -0.4 is 0 Å². The first kappa shape index (κ1) is 18.4. The van der Waals surface area contributed by atoms with Gasteiger partial charge in [-0.2, -0.15) is 0 Å². The average molecular weight is 374 g/mol. The second kappa shape index (κ2) is 7.93. The smallest absolute Gasteiger partial charge is 0.227 e. The summed E-state index contributed by atoms with van der Waals surface area (Å²) in [5.74, 6) is 0.184. The van der Waals surface area contributed by atoms with Gasteiger partial charge in [-0.15, -0.1) is 0 Å². The summed E-state index contributed by atoms with van der Waals surface area (Å²) in [6.07, 6.45) is 4.49. The molecule has 0 spiro atoms. The molecular formula is C24H27N3O. The Bertz CT molecular complexity index is 1110. The van der Waals surface area contributed by atoms with Crippen LogP contribution in [0.3, 0.4) is 0 Å². The van der Waals surface area contributed by atoms with E-state index in [1.54, 1.807) is 0 Å². The lowest BCUT2D eigenvalue weighted by atomic mass is 10.1. The number of aryl methyl sites for hydroxylation is 1. The van der Waals surface area contributed by atoms with Crippen LogP contribution in [0.15, 0.2) is 60.8 Å². The first-order valence-corrected chi connectivity index (χ1v) is 10.0. The number of H-pyrrole nitrogens is 1. The topological polar surface area (TPSA) is 41.0 Å². The number of fused-ring (bicyclic) bond motifs is 2. The highest BCUT2D eigenvalue weighted by Gasteiger charge is 2.18. The Morgan fingerprint density at radius 1 is 1.11 bits per heavy atom. The van der Waals surface area contributed by atoms with Gasteiger partial charge in [-0.3, -0.25) is 4.79 Å². The van der Waals surface area contributed by atoms with Crippen molar-refractivity contribution in [3.05, 3.63) is 72.1 Å². The van der Waals surface area contributed by atoms with Crippen LogP contribution in [0.4, 0.5) is 0 Å². The molecule has 4 heteroatoms. The largest absolute Gasteiger partial charge is 0.361 e. The number of rotatable bonds is 7. The van der Waals surface area contributed by atoms with Crippen LogP contribution in [-0.2, 0) is 24.8 Å². The van der Waals surface area contributed by atoms with E-state index in [1.807, 2.05) is 29.3 Å². The third-order valence-corrected chi connectivity index (χ3v) is 5.55. The molecule has 0 bridgehead atoms. The van der Waals surface area contributed by atoms with E-state index >= 15 is 0 Å². The third-order valence-electron chi connectivity index (χ3n) is 5.55. The number of para-hydroxylation sites is 2.